The van der Waals surface area contributed by atoms with Crippen molar-refractivity contribution < 1.29 is 0 Å². The Bertz CT molecular complexity index is 278. The third-order valence-electron chi connectivity index (χ3n) is 2.17. The molecule has 0 radical (unpaired) electrons. The van der Waals surface area contributed by atoms with E-state index in [2.05, 4.69) is 30.8 Å². The lowest BCUT2D eigenvalue weighted by Crippen LogP contribution is -2.13. The number of anilines is 1. The third-order valence-corrected chi connectivity index (χ3v) is 2.17. The molecule has 0 spiro atoms. The topological polar surface area (TPSA) is 29.9 Å². The van der Waals surface area contributed by atoms with E-state index in [9.17, 15) is 0 Å². The monoisotopic (exact) mass is 193 g/mol. The highest BCUT2D eigenvalue weighted by Gasteiger charge is 2.02. The fraction of sp³-hybridized carbons (Fsp3) is 0.545. The zero-order valence-electron chi connectivity index (χ0n) is 9.03. The summed E-state index contributed by atoms with van der Waals surface area (Å²) in [4.78, 5) is 0. The maximum Gasteiger partial charge on any atom is 0.0728 e. The van der Waals surface area contributed by atoms with Crippen molar-refractivity contribution in [1.82, 2.24) is 9.78 Å². The number of hydrogen-bond acceptors (Lipinski definition) is 2. The van der Waals surface area contributed by atoms with Crippen LogP contribution in [0, 0.1) is 0 Å². The molecule has 1 aromatic rings. The van der Waals surface area contributed by atoms with Crippen molar-refractivity contribution >= 4 is 5.69 Å². The van der Waals surface area contributed by atoms with Crippen molar-refractivity contribution in [3.05, 3.63) is 25.0 Å². The number of aromatic nitrogens is 2. The van der Waals surface area contributed by atoms with E-state index in [1.54, 1.807) is 0 Å². The van der Waals surface area contributed by atoms with Crippen LogP contribution in [-0.2, 0) is 6.54 Å². The lowest BCUT2D eigenvalue weighted by atomic mass is 10.2. The van der Waals surface area contributed by atoms with Gasteiger partial charge in [0.2, 0.25) is 0 Å². The zero-order chi connectivity index (χ0) is 10.4. The minimum atomic E-state index is 0.475. The van der Waals surface area contributed by atoms with E-state index in [0.717, 1.165) is 25.1 Å². The molecule has 0 bridgehead atoms. The predicted molar refractivity (Wildman–Crippen MR) is 60.4 cm³/mol. The van der Waals surface area contributed by atoms with Crippen molar-refractivity contribution in [2.45, 2.75) is 39.3 Å². The molecular formula is C11H19N3. The molecule has 1 rings (SSSR count). The van der Waals surface area contributed by atoms with Crippen LogP contribution in [0.3, 0.4) is 0 Å². The summed E-state index contributed by atoms with van der Waals surface area (Å²) < 4.78 is 1.92. The van der Waals surface area contributed by atoms with Crippen LogP contribution >= 0.6 is 0 Å². The second-order valence-electron chi connectivity index (χ2n) is 3.50. The van der Waals surface area contributed by atoms with Gasteiger partial charge in [0.1, 0.15) is 0 Å². The lowest BCUT2D eigenvalue weighted by molar-refractivity contribution is 0.659. The molecule has 0 saturated heterocycles. The first-order valence-electron chi connectivity index (χ1n) is 5.16. The molecule has 0 aromatic carbocycles. The van der Waals surface area contributed by atoms with Crippen LogP contribution in [-0.4, -0.2) is 15.8 Å². The van der Waals surface area contributed by atoms with Crippen LogP contribution < -0.4 is 5.32 Å². The van der Waals surface area contributed by atoms with Crippen LogP contribution in [0.4, 0.5) is 5.69 Å². The first kappa shape index (κ1) is 10.8. The third kappa shape index (κ3) is 3.24. The molecular weight excluding hydrogens is 174 g/mol. The average Bonchev–Trinajstić information content (AvgIpc) is 2.62. The van der Waals surface area contributed by atoms with Gasteiger partial charge in [-0.15, -0.1) is 6.58 Å². The summed E-state index contributed by atoms with van der Waals surface area (Å²) >= 11 is 0. The van der Waals surface area contributed by atoms with Gasteiger partial charge in [-0.25, -0.2) is 0 Å². The number of hydrogen-bond donors (Lipinski definition) is 1. The van der Waals surface area contributed by atoms with Gasteiger partial charge >= 0.3 is 0 Å². The Labute approximate surface area is 85.8 Å². The highest BCUT2D eigenvalue weighted by molar-refractivity contribution is 5.38. The molecule has 0 saturated carbocycles. The Morgan fingerprint density at radius 1 is 1.71 bits per heavy atom. The van der Waals surface area contributed by atoms with E-state index < -0.39 is 0 Å². The quantitative estimate of drug-likeness (QED) is 0.704. The minimum absolute atomic E-state index is 0.475. The van der Waals surface area contributed by atoms with Gasteiger partial charge < -0.3 is 5.32 Å². The van der Waals surface area contributed by atoms with E-state index >= 15 is 0 Å². The van der Waals surface area contributed by atoms with Crippen LogP contribution in [0.1, 0.15) is 26.7 Å². The smallest absolute Gasteiger partial charge is 0.0728 e. The summed E-state index contributed by atoms with van der Waals surface area (Å²) in [5.74, 6) is 0. The molecule has 0 unspecified atom stereocenters. The highest BCUT2D eigenvalue weighted by atomic mass is 15.3. The molecule has 0 aliphatic heterocycles. The SMILES string of the molecule is C=CCC[C@@H](C)Nc1cnn(CC)c1. The second-order valence-corrected chi connectivity index (χ2v) is 3.50. The molecule has 0 fully saturated rings. The number of rotatable bonds is 6. The predicted octanol–water partition coefficient (Wildman–Crippen LogP) is 2.67. The second kappa shape index (κ2) is 5.47. The molecule has 1 N–H and O–H groups in total. The summed E-state index contributed by atoms with van der Waals surface area (Å²) in [6, 6.07) is 0.475. The molecule has 14 heavy (non-hydrogen) atoms. The van der Waals surface area contributed by atoms with Crippen molar-refractivity contribution in [2.24, 2.45) is 0 Å². The first-order valence-corrected chi connectivity index (χ1v) is 5.16. The Balaban J connectivity index is 2.39. The lowest BCUT2D eigenvalue weighted by Gasteiger charge is -2.11. The number of allylic oxidation sites excluding steroid dienone is 1. The van der Waals surface area contributed by atoms with Gasteiger partial charge in [-0.05, 0) is 26.7 Å². The van der Waals surface area contributed by atoms with E-state index in [4.69, 9.17) is 0 Å². The van der Waals surface area contributed by atoms with Crippen LogP contribution in [0.15, 0.2) is 25.0 Å². The van der Waals surface area contributed by atoms with Crippen molar-refractivity contribution in [3.63, 3.8) is 0 Å². The Kier molecular flexibility index (Phi) is 4.23. The normalized spacial score (nSPS) is 12.4. The summed E-state index contributed by atoms with van der Waals surface area (Å²) in [5, 5.41) is 7.60. The van der Waals surface area contributed by atoms with Gasteiger partial charge in [-0.2, -0.15) is 5.10 Å². The number of nitrogens with zero attached hydrogens (tertiary/aromatic N) is 2. The Morgan fingerprint density at radius 2 is 2.50 bits per heavy atom. The molecule has 3 nitrogen and oxygen atoms in total. The summed E-state index contributed by atoms with van der Waals surface area (Å²) in [7, 11) is 0. The molecule has 0 aliphatic rings. The molecule has 0 amide bonds. The molecule has 0 aliphatic carbocycles. The van der Waals surface area contributed by atoms with E-state index in [0.29, 0.717) is 6.04 Å². The molecule has 78 valence electrons. The molecule has 1 atom stereocenters. The van der Waals surface area contributed by atoms with Gasteiger partial charge in [-0.3, -0.25) is 4.68 Å². The van der Waals surface area contributed by atoms with Gasteiger partial charge in [0.15, 0.2) is 0 Å². The van der Waals surface area contributed by atoms with Crippen molar-refractivity contribution in [2.75, 3.05) is 5.32 Å². The van der Waals surface area contributed by atoms with E-state index in [1.165, 1.54) is 0 Å². The standard InChI is InChI=1S/C11H19N3/c1-4-6-7-10(3)13-11-8-12-14(5-2)9-11/h4,8-10,13H,1,5-7H2,2-3H3/t10-/m1/s1. The Morgan fingerprint density at radius 3 is 3.07 bits per heavy atom. The largest absolute Gasteiger partial charge is 0.380 e. The van der Waals surface area contributed by atoms with Gasteiger partial charge in [0.05, 0.1) is 11.9 Å². The molecule has 3 heteroatoms. The summed E-state index contributed by atoms with van der Waals surface area (Å²) in [5.41, 5.74) is 1.10. The van der Waals surface area contributed by atoms with Crippen LogP contribution in [0.25, 0.3) is 0 Å². The van der Waals surface area contributed by atoms with Crippen molar-refractivity contribution in [3.8, 4) is 0 Å². The zero-order valence-corrected chi connectivity index (χ0v) is 9.03. The fourth-order valence-corrected chi connectivity index (χ4v) is 1.34. The minimum Gasteiger partial charge on any atom is -0.380 e. The summed E-state index contributed by atoms with van der Waals surface area (Å²) in [6.45, 7) is 8.89. The maximum absolute atomic E-state index is 4.20. The van der Waals surface area contributed by atoms with E-state index in [1.807, 2.05) is 23.2 Å². The maximum atomic E-state index is 4.20. The van der Waals surface area contributed by atoms with Gasteiger partial charge in [-0.1, -0.05) is 6.08 Å². The number of nitrogens with one attached hydrogen (secondary N) is 1. The summed E-state index contributed by atoms with van der Waals surface area (Å²) in [6.07, 6.45) is 8.02. The molecule has 1 aromatic heterocycles. The van der Waals surface area contributed by atoms with Gasteiger partial charge in [0, 0.05) is 18.8 Å². The number of aryl methyl sites for hydroxylation is 1. The highest BCUT2D eigenvalue weighted by Crippen LogP contribution is 2.09. The Hall–Kier alpha value is -1.25. The van der Waals surface area contributed by atoms with Gasteiger partial charge in [0.25, 0.3) is 0 Å². The molecule has 1 heterocycles. The fourth-order valence-electron chi connectivity index (χ4n) is 1.34. The van der Waals surface area contributed by atoms with Crippen molar-refractivity contribution in [1.29, 1.82) is 0 Å². The first-order chi connectivity index (χ1) is 6.76. The van der Waals surface area contributed by atoms with E-state index in [-0.39, 0.29) is 0 Å². The average molecular weight is 193 g/mol. The van der Waals surface area contributed by atoms with Crippen LogP contribution in [0.2, 0.25) is 0 Å². The van der Waals surface area contributed by atoms with Crippen LogP contribution in [0.5, 0.6) is 0 Å².